The molecule has 1 atom stereocenters. The van der Waals surface area contributed by atoms with Crippen LogP contribution >= 0.6 is 11.3 Å². The number of rotatable bonds is 6. The highest BCUT2D eigenvalue weighted by Gasteiger charge is 2.39. The predicted octanol–water partition coefficient (Wildman–Crippen LogP) is 3.11. The molecule has 0 saturated carbocycles. The maximum atomic E-state index is 13.5. The molecule has 16 heteroatoms. The van der Waals surface area contributed by atoms with E-state index in [1.807, 2.05) is 6.92 Å². The Labute approximate surface area is 210 Å². The van der Waals surface area contributed by atoms with Crippen LogP contribution in [0.15, 0.2) is 24.7 Å². The van der Waals surface area contributed by atoms with E-state index in [9.17, 15) is 36.2 Å². The quantitative estimate of drug-likeness (QED) is 0.472. The number of thiazole rings is 1. The molecule has 0 spiro atoms. The van der Waals surface area contributed by atoms with Crippen molar-refractivity contribution < 1.29 is 36.2 Å². The van der Waals surface area contributed by atoms with Crippen LogP contribution in [0, 0.1) is 0 Å². The number of nitrogens with zero attached hydrogens (tertiary/aromatic N) is 7. The van der Waals surface area contributed by atoms with Crippen LogP contribution in [-0.2, 0) is 30.1 Å². The number of aliphatic hydroxyl groups excluding tert-OH is 1. The van der Waals surface area contributed by atoms with Crippen LogP contribution in [-0.4, -0.2) is 72.9 Å². The number of aromatic nitrogens is 5. The molecule has 0 bridgehead atoms. The fourth-order valence-corrected chi connectivity index (χ4v) is 4.86. The maximum Gasteiger partial charge on any atom is 0.451 e. The standard InChI is InChI=1S/C21H21F6N7O2S/c1-2-13-3-4-33(31-13)10-15(36)34-6-5-32(9-14(34)11-35)17-16(30-19(37-17)21(25,26)27)12-7-28-18(29-8-12)20(22,23)24/h3-4,7-8,14,35H,2,5-6,9-11H2,1H3/t14-/m0/s1. The molecule has 1 fully saturated rings. The smallest absolute Gasteiger partial charge is 0.394 e. The van der Waals surface area contributed by atoms with Gasteiger partial charge in [0, 0.05) is 43.8 Å². The van der Waals surface area contributed by atoms with Crippen LogP contribution in [0.2, 0.25) is 0 Å². The van der Waals surface area contributed by atoms with Crippen LogP contribution in [0.5, 0.6) is 0 Å². The SMILES string of the molecule is CCc1ccn(CC(=O)N2CCN(c3sc(C(F)(F)F)nc3-c3cnc(C(F)(F)F)nc3)C[C@H]2CO)n1. The second-order valence-electron chi connectivity index (χ2n) is 8.19. The number of amides is 1. The first-order valence-electron chi connectivity index (χ1n) is 11.1. The van der Waals surface area contributed by atoms with Crippen molar-refractivity contribution in [2.75, 3.05) is 31.1 Å². The third kappa shape index (κ3) is 5.84. The molecule has 3 aromatic rings. The van der Waals surface area contributed by atoms with E-state index in [-0.39, 0.29) is 48.3 Å². The number of anilines is 1. The fourth-order valence-electron chi connectivity index (χ4n) is 3.87. The molecule has 0 unspecified atom stereocenters. The largest absolute Gasteiger partial charge is 0.451 e. The van der Waals surface area contributed by atoms with E-state index in [2.05, 4.69) is 20.1 Å². The molecule has 1 N–H and O–H groups in total. The number of hydrogen-bond donors (Lipinski definition) is 1. The molecule has 9 nitrogen and oxygen atoms in total. The van der Waals surface area contributed by atoms with Gasteiger partial charge in [-0.3, -0.25) is 9.48 Å². The Kier molecular flexibility index (Phi) is 7.41. The lowest BCUT2D eigenvalue weighted by Crippen LogP contribution is -2.57. The first-order chi connectivity index (χ1) is 17.4. The van der Waals surface area contributed by atoms with Crippen LogP contribution in [0.1, 0.15) is 23.4 Å². The van der Waals surface area contributed by atoms with Gasteiger partial charge in [0.25, 0.3) is 0 Å². The van der Waals surface area contributed by atoms with Crippen molar-refractivity contribution in [3.05, 3.63) is 41.2 Å². The number of alkyl halides is 6. The molecule has 0 aliphatic carbocycles. The summed E-state index contributed by atoms with van der Waals surface area (Å²) >= 11 is 0.320. The molecular formula is C21H21F6N7O2S. The molecule has 1 amide bonds. The van der Waals surface area contributed by atoms with Gasteiger partial charge in [-0.05, 0) is 12.5 Å². The Morgan fingerprint density at radius 3 is 2.41 bits per heavy atom. The van der Waals surface area contributed by atoms with Gasteiger partial charge in [0.2, 0.25) is 16.7 Å². The summed E-state index contributed by atoms with van der Waals surface area (Å²) in [5.41, 5.74) is 0.451. The molecule has 0 aromatic carbocycles. The van der Waals surface area contributed by atoms with Gasteiger partial charge < -0.3 is 14.9 Å². The van der Waals surface area contributed by atoms with Crippen molar-refractivity contribution >= 4 is 22.2 Å². The van der Waals surface area contributed by atoms with Crippen molar-refractivity contribution in [2.24, 2.45) is 0 Å². The van der Waals surface area contributed by atoms with Gasteiger partial charge in [0.15, 0.2) is 0 Å². The van der Waals surface area contributed by atoms with Crippen molar-refractivity contribution in [3.63, 3.8) is 0 Å². The fraction of sp³-hybridized carbons (Fsp3) is 0.476. The van der Waals surface area contributed by atoms with E-state index in [1.54, 1.807) is 12.3 Å². The minimum atomic E-state index is -4.81. The highest BCUT2D eigenvalue weighted by molar-refractivity contribution is 7.16. The van der Waals surface area contributed by atoms with Crippen LogP contribution in [0.4, 0.5) is 31.3 Å². The minimum absolute atomic E-state index is 0.0183. The monoisotopic (exact) mass is 549 g/mol. The van der Waals surface area contributed by atoms with E-state index in [4.69, 9.17) is 0 Å². The van der Waals surface area contributed by atoms with Crippen LogP contribution < -0.4 is 4.90 Å². The Morgan fingerprint density at radius 1 is 1.14 bits per heavy atom. The molecule has 4 heterocycles. The summed E-state index contributed by atoms with van der Waals surface area (Å²) in [6.07, 6.45) is -5.71. The summed E-state index contributed by atoms with van der Waals surface area (Å²) in [5, 5.41) is 13.1. The van der Waals surface area contributed by atoms with Crippen molar-refractivity contribution in [2.45, 2.75) is 38.3 Å². The highest BCUT2D eigenvalue weighted by atomic mass is 32.1. The molecule has 1 saturated heterocycles. The average Bonchev–Trinajstić information content (AvgIpc) is 3.50. The molecule has 1 aliphatic rings. The Hall–Kier alpha value is -3.27. The van der Waals surface area contributed by atoms with E-state index in [1.165, 1.54) is 14.5 Å². The summed E-state index contributed by atoms with van der Waals surface area (Å²) < 4.78 is 80.4. The van der Waals surface area contributed by atoms with Gasteiger partial charge >= 0.3 is 12.4 Å². The lowest BCUT2D eigenvalue weighted by atomic mass is 10.1. The number of halogens is 6. The second kappa shape index (κ2) is 10.2. The van der Waals surface area contributed by atoms with E-state index >= 15 is 0 Å². The number of aliphatic hydroxyl groups is 1. The zero-order chi connectivity index (χ0) is 27.0. The normalized spacial score (nSPS) is 16.9. The molecule has 3 aromatic heterocycles. The summed E-state index contributed by atoms with van der Waals surface area (Å²) in [6, 6.07) is 1.04. The first kappa shape index (κ1) is 26.8. The third-order valence-corrected chi connectivity index (χ3v) is 6.85. The summed E-state index contributed by atoms with van der Waals surface area (Å²) in [5.74, 6) is -1.75. The first-order valence-corrected chi connectivity index (χ1v) is 11.9. The summed E-state index contributed by atoms with van der Waals surface area (Å²) in [6.45, 7) is 1.58. The lowest BCUT2D eigenvalue weighted by Gasteiger charge is -2.41. The highest BCUT2D eigenvalue weighted by Crippen LogP contribution is 2.43. The Morgan fingerprint density at radius 2 is 1.84 bits per heavy atom. The molecule has 4 rings (SSSR count). The molecule has 200 valence electrons. The van der Waals surface area contributed by atoms with Crippen LogP contribution in [0.3, 0.4) is 0 Å². The Balaban J connectivity index is 1.58. The molecule has 1 aliphatic heterocycles. The maximum absolute atomic E-state index is 13.5. The zero-order valence-electron chi connectivity index (χ0n) is 19.3. The Bertz CT molecular complexity index is 1240. The average molecular weight is 550 g/mol. The van der Waals surface area contributed by atoms with Gasteiger partial charge in [-0.15, -0.1) is 0 Å². The predicted molar refractivity (Wildman–Crippen MR) is 120 cm³/mol. The zero-order valence-corrected chi connectivity index (χ0v) is 20.1. The van der Waals surface area contributed by atoms with Crippen molar-refractivity contribution in [1.29, 1.82) is 0 Å². The number of carbonyl (C=O) groups excluding carboxylic acids is 1. The molecule has 37 heavy (non-hydrogen) atoms. The van der Waals surface area contributed by atoms with Gasteiger partial charge in [-0.25, -0.2) is 15.0 Å². The number of hydrogen-bond acceptors (Lipinski definition) is 8. The van der Waals surface area contributed by atoms with Crippen molar-refractivity contribution in [3.8, 4) is 11.3 Å². The molecular weight excluding hydrogens is 528 g/mol. The number of piperazine rings is 1. The second-order valence-corrected chi connectivity index (χ2v) is 9.17. The van der Waals surface area contributed by atoms with Crippen LogP contribution in [0.25, 0.3) is 11.3 Å². The number of carbonyl (C=O) groups is 1. The van der Waals surface area contributed by atoms with Gasteiger partial charge in [-0.1, -0.05) is 18.3 Å². The van der Waals surface area contributed by atoms with Gasteiger partial charge in [0.1, 0.15) is 17.2 Å². The summed E-state index contributed by atoms with van der Waals surface area (Å²) in [4.78, 5) is 25.9. The third-order valence-electron chi connectivity index (χ3n) is 5.69. The van der Waals surface area contributed by atoms with E-state index in [0.29, 0.717) is 17.8 Å². The van der Waals surface area contributed by atoms with Crippen molar-refractivity contribution in [1.82, 2.24) is 29.6 Å². The summed E-state index contributed by atoms with van der Waals surface area (Å²) in [7, 11) is 0. The number of aryl methyl sites for hydroxylation is 1. The topological polar surface area (TPSA) is 100 Å². The van der Waals surface area contributed by atoms with Gasteiger partial charge in [0.05, 0.1) is 18.3 Å². The molecule has 0 radical (unpaired) electrons. The van der Waals surface area contributed by atoms with Gasteiger partial charge in [-0.2, -0.15) is 31.4 Å². The lowest BCUT2D eigenvalue weighted by molar-refractivity contribution is -0.145. The van der Waals surface area contributed by atoms with E-state index in [0.717, 1.165) is 18.1 Å². The van der Waals surface area contributed by atoms with E-state index < -0.39 is 35.8 Å². The minimum Gasteiger partial charge on any atom is -0.394 e.